The molecule has 2 fully saturated rings. The number of ether oxygens (including phenoxy) is 1. The lowest BCUT2D eigenvalue weighted by Gasteiger charge is -2.37. The van der Waals surface area contributed by atoms with Gasteiger partial charge in [0.05, 0.1) is 0 Å². The Kier molecular flexibility index (Phi) is 5.24. The molecule has 2 saturated heterocycles. The Morgan fingerprint density at radius 2 is 2.04 bits per heavy atom. The number of nitrogens with one attached hydrogen (secondary N) is 1. The third-order valence-electron chi connectivity index (χ3n) is 5.20. The zero-order valence-corrected chi connectivity index (χ0v) is 14.4. The van der Waals surface area contributed by atoms with Crippen molar-refractivity contribution in [3.63, 3.8) is 0 Å². The summed E-state index contributed by atoms with van der Waals surface area (Å²) in [5.74, 6) is 0.704. The van der Waals surface area contributed by atoms with Crippen molar-refractivity contribution in [2.24, 2.45) is 5.92 Å². The van der Waals surface area contributed by atoms with Crippen LogP contribution in [-0.2, 0) is 16.0 Å². The Balaban J connectivity index is 1.60. The number of methoxy groups -OCH3 is 1. The molecule has 0 saturated carbocycles. The van der Waals surface area contributed by atoms with E-state index in [0.29, 0.717) is 5.92 Å². The van der Waals surface area contributed by atoms with Gasteiger partial charge < -0.3 is 15.0 Å². The number of amides is 1. The van der Waals surface area contributed by atoms with Crippen molar-refractivity contribution in [2.45, 2.75) is 31.3 Å². The first-order chi connectivity index (χ1) is 11.1. The largest absolute Gasteiger partial charge is 0.368 e. The molecule has 3 rings (SSSR count). The fraction of sp³-hybridized carbons (Fsp3) is 0.611. The van der Waals surface area contributed by atoms with Gasteiger partial charge in [-0.25, -0.2) is 0 Å². The van der Waals surface area contributed by atoms with Gasteiger partial charge in [-0.3, -0.25) is 4.79 Å². The summed E-state index contributed by atoms with van der Waals surface area (Å²) in [7, 11) is 1.67. The van der Waals surface area contributed by atoms with E-state index in [1.54, 1.807) is 7.11 Å². The molecular formula is C18H25ClN2O2. The van der Waals surface area contributed by atoms with Crippen molar-refractivity contribution in [2.75, 3.05) is 33.3 Å². The zero-order chi connectivity index (χ0) is 16.3. The lowest BCUT2D eigenvalue weighted by molar-refractivity contribution is -0.157. The Labute approximate surface area is 143 Å². The van der Waals surface area contributed by atoms with Crippen LogP contribution in [0, 0.1) is 5.92 Å². The second-order valence-electron chi connectivity index (χ2n) is 6.68. The molecular weight excluding hydrogens is 312 g/mol. The number of hydrogen-bond acceptors (Lipinski definition) is 3. The number of halogens is 1. The summed E-state index contributed by atoms with van der Waals surface area (Å²) < 4.78 is 5.67. The van der Waals surface area contributed by atoms with Crippen molar-refractivity contribution in [1.29, 1.82) is 0 Å². The molecule has 2 heterocycles. The minimum absolute atomic E-state index is 0.181. The highest BCUT2D eigenvalue weighted by Gasteiger charge is 2.43. The second-order valence-corrected chi connectivity index (χ2v) is 7.12. The number of piperidine rings is 1. The molecule has 1 N–H and O–H groups in total. The zero-order valence-electron chi connectivity index (χ0n) is 13.7. The van der Waals surface area contributed by atoms with Gasteiger partial charge in [-0.15, -0.1) is 0 Å². The van der Waals surface area contributed by atoms with Crippen molar-refractivity contribution in [3.05, 3.63) is 34.9 Å². The predicted octanol–water partition coefficient (Wildman–Crippen LogP) is 2.50. The van der Waals surface area contributed by atoms with Gasteiger partial charge in [0.2, 0.25) is 0 Å². The van der Waals surface area contributed by atoms with E-state index < -0.39 is 5.60 Å². The molecule has 5 heteroatoms. The normalized spacial score (nSPS) is 23.9. The summed E-state index contributed by atoms with van der Waals surface area (Å²) >= 11 is 5.94. The third kappa shape index (κ3) is 3.70. The van der Waals surface area contributed by atoms with Gasteiger partial charge in [0.25, 0.3) is 5.91 Å². The molecule has 0 bridgehead atoms. The van der Waals surface area contributed by atoms with Gasteiger partial charge >= 0.3 is 0 Å². The van der Waals surface area contributed by atoms with Gasteiger partial charge in [0.1, 0.15) is 5.60 Å². The van der Waals surface area contributed by atoms with Gasteiger partial charge in [0.15, 0.2) is 0 Å². The molecule has 23 heavy (non-hydrogen) atoms. The van der Waals surface area contributed by atoms with Crippen LogP contribution in [0.1, 0.15) is 24.8 Å². The van der Waals surface area contributed by atoms with Crippen LogP contribution in [0.25, 0.3) is 0 Å². The van der Waals surface area contributed by atoms with E-state index in [0.717, 1.165) is 56.9 Å². The Bertz CT molecular complexity index is 540. The Morgan fingerprint density at radius 1 is 1.35 bits per heavy atom. The minimum Gasteiger partial charge on any atom is -0.368 e. The highest BCUT2D eigenvalue weighted by molar-refractivity contribution is 6.30. The van der Waals surface area contributed by atoms with Crippen molar-refractivity contribution in [1.82, 2.24) is 10.2 Å². The van der Waals surface area contributed by atoms with Crippen LogP contribution in [0.2, 0.25) is 5.02 Å². The topological polar surface area (TPSA) is 41.6 Å². The van der Waals surface area contributed by atoms with Gasteiger partial charge in [-0.05, 0) is 62.4 Å². The lowest BCUT2D eigenvalue weighted by Crippen LogP contribution is -2.54. The Hall–Kier alpha value is -1.10. The molecule has 1 amide bonds. The fourth-order valence-electron chi connectivity index (χ4n) is 3.76. The maximum atomic E-state index is 13.0. The van der Waals surface area contributed by atoms with Crippen molar-refractivity contribution in [3.8, 4) is 0 Å². The minimum atomic E-state index is -0.611. The van der Waals surface area contributed by atoms with Crippen molar-refractivity contribution < 1.29 is 9.53 Å². The van der Waals surface area contributed by atoms with Crippen LogP contribution in [-0.4, -0.2) is 49.7 Å². The summed E-state index contributed by atoms with van der Waals surface area (Å²) in [5, 5.41) is 4.07. The smallest absolute Gasteiger partial charge is 0.254 e. The molecule has 1 atom stereocenters. The first kappa shape index (κ1) is 16.7. The maximum Gasteiger partial charge on any atom is 0.254 e. The SMILES string of the molecule is COC1(C(=O)N2CCC(Cc3ccc(Cl)cc3)C2)CCNCC1. The molecule has 0 radical (unpaired) electrons. The highest BCUT2D eigenvalue weighted by atomic mass is 35.5. The van der Waals surface area contributed by atoms with Gasteiger partial charge in [-0.2, -0.15) is 0 Å². The van der Waals surface area contributed by atoms with E-state index in [1.165, 1.54) is 5.56 Å². The molecule has 4 nitrogen and oxygen atoms in total. The fourth-order valence-corrected chi connectivity index (χ4v) is 3.89. The van der Waals surface area contributed by atoms with Crippen LogP contribution >= 0.6 is 11.6 Å². The van der Waals surface area contributed by atoms with E-state index in [1.807, 2.05) is 17.0 Å². The highest BCUT2D eigenvalue weighted by Crippen LogP contribution is 2.29. The number of nitrogens with zero attached hydrogens (tertiary/aromatic N) is 1. The van der Waals surface area contributed by atoms with Crippen molar-refractivity contribution >= 4 is 17.5 Å². The summed E-state index contributed by atoms with van der Waals surface area (Å²) in [6.07, 6.45) is 3.59. The molecule has 126 valence electrons. The van der Waals surface area contributed by atoms with E-state index in [4.69, 9.17) is 16.3 Å². The monoisotopic (exact) mass is 336 g/mol. The quantitative estimate of drug-likeness (QED) is 0.918. The van der Waals surface area contributed by atoms with E-state index in [-0.39, 0.29) is 5.91 Å². The molecule has 2 aliphatic heterocycles. The number of rotatable bonds is 4. The molecule has 2 aliphatic rings. The number of hydrogen-bond donors (Lipinski definition) is 1. The second kappa shape index (κ2) is 7.20. The number of carbonyl (C=O) groups is 1. The number of likely N-dealkylation sites (tertiary alicyclic amines) is 1. The molecule has 1 unspecified atom stereocenters. The van der Waals surface area contributed by atoms with E-state index in [2.05, 4.69) is 17.4 Å². The standard InChI is InChI=1S/C18H25ClN2O2/c1-23-18(7-9-20-10-8-18)17(22)21-11-6-15(13-21)12-14-2-4-16(19)5-3-14/h2-5,15,20H,6-13H2,1H3. The van der Waals surface area contributed by atoms with Crippen LogP contribution in [0.3, 0.4) is 0 Å². The predicted molar refractivity (Wildman–Crippen MR) is 91.7 cm³/mol. The van der Waals surface area contributed by atoms with Crippen LogP contribution in [0.15, 0.2) is 24.3 Å². The first-order valence-electron chi connectivity index (χ1n) is 8.43. The van der Waals surface area contributed by atoms with Crippen LogP contribution in [0.4, 0.5) is 0 Å². The molecule has 0 spiro atoms. The maximum absolute atomic E-state index is 13.0. The molecule has 0 aromatic heterocycles. The number of benzene rings is 1. The third-order valence-corrected chi connectivity index (χ3v) is 5.45. The number of carbonyl (C=O) groups excluding carboxylic acids is 1. The van der Waals surface area contributed by atoms with Gasteiger partial charge in [0, 0.05) is 25.2 Å². The molecule has 0 aliphatic carbocycles. The van der Waals surface area contributed by atoms with E-state index in [9.17, 15) is 4.79 Å². The van der Waals surface area contributed by atoms with E-state index >= 15 is 0 Å². The van der Waals surface area contributed by atoms with Crippen LogP contribution < -0.4 is 5.32 Å². The Morgan fingerprint density at radius 3 is 2.70 bits per heavy atom. The average molecular weight is 337 g/mol. The summed E-state index contributed by atoms with van der Waals surface area (Å²) in [4.78, 5) is 15.0. The summed E-state index contributed by atoms with van der Waals surface area (Å²) in [5.41, 5.74) is 0.678. The average Bonchev–Trinajstić information content (AvgIpc) is 3.05. The summed E-state index contributed by atoms with van der Waals surface area (Å²) in [6.45, 7) is 3.37. The summed E-state index contributed by atoms with van der Waals surface area (Å²) in [6, 6.07) is 8.03. The molecule has 1 aromatic rings. The van der Waals surface area contributed by atoms with Gasteiger partial charge in [-0.1, -0.05) is 23.7 Å². The lowest BCUT2D eigenvalue weighted by atomic mass is 9.90. The first-order valence-corrected chi connectivity index (χ1v) is 8.80. The van der Waals surface area contributed by atoms with Crippen LogP contribution in [0.5, 0.6) is 0 Å². The molecule has 1 aromatic carbocycles.